The van der Waals surface area contributed by atoms with E-state index in [1.54, 1.807) is 0 Å². The van der Waals surface area contributed by atoms with Crippen molar-refractivity contribution < 1.29 is 19.5 Å². The molecule has 0 heterocycles. The number of rotatable bonds is 0. The standard InChI is InChI=1S/C6H5BrS.Zn/c7-5-3-1-2-4-6(5)8;/h1-4,8H;. The minimum absolute atomic E-state index is 0. The molecular formula is C6H5BrSZn. The summed E-state index contributed by atoms with van der Waals surface area (Å²) in [5.41, 5.74) is 0. The Morgan fingerprint density at radius 2 is 1.78 bits per heavy atom. The molecule has 0 bridgehead atoms. The predicted molar refractivity (Wildman–Crippen MR) is 41.4 cm³/mol. The van der Waals surface area contributed by atoms with Crippen LogP contribution in [0.15, 0.2) is 33.6 Å². The van der Waals surface area contributed by atoms with Gasteiger partial charge >= 0.3 is 0 Å². The van der Waals surface area contributed by atoms with Gasteiger partial charge < -0.3 is 0 Å². The summed E-state index contributed by atoms with van der Waals surface area (Å²) in [6, 6.07) is 7.81. The Bertz CT molecular complexity index is 169. The van der Waals surface area contributed by atoms with Gasteiger partial charge in [-0.15, -0.1) is 12.6 Å². The van der Waals surface area contributed by atoms with E-state index in [1.807, 2.05) is 24.3 Å². The summed E-state index contributed by atoms with van der Waals surface area (Å²) in [6.45, 7) is 0. The largest absolute Gasteiger partial charge is 0.142 e. The van der Waals surface area contributed by atoms with Gasteiger partial charge in [0.1, 0.15) is 0 Å². The van der Waals surface area contributed by atoms with Crippen molar-refractivity contribution >= 4 is 28.6 Å². The minimum Gasteiger partial charge on any atom is -0.142 e. The Morgan fingerprint density at radius 3 is 2.11 bits per heavy atom. The minimum atomic E-state index is 0. The molecule has 0 atom stereocenters. The van der Waals surface area contributed by atoms with Crippen molar-refractivity contribution in [2.45, 2.75) is 4.90 Å². The Morgan fingerprint density at radius 1 is 1.22 bits per heavy atom. The molecule has 0 spiro atoms. The van der Waals surface area contributed by atoms with Gasteiger partial charge in [-0.2, -0.15) is 0 Å². The van der Waals surface area contributed by atoms with Crippen LogP contribution < -0.4 is 0 Å². The fraction of sp³-hybridized carbons (Fsp3) is 0. The molecule has 0 unspecified atom stereocenters. The maximum atomic E-state index is 4.15. The number of thiol groups is 1. The van der Waals surface area contributed by atoms with Crippen LogP contribution in [0, 0.1) is 0 Å². The number of hydrogen-bond donors (Lipinski definition) is 1. The van der Waals surface area contributed by atoms with Crippen LogP contribution in [0.5, 0.6) is 0 Å². The van der Waals surface area contributed by atoms with Gasteiger partial charge in [-0.3, -0.25) is 0 Å². The second-order valence-corrected chi connectivity index (χ2v) is 2.79. The predicted octanol–water partition coefficient (Wildman–Crippen LogP) is 2.74. The zero-order chi connectivity index (χ0) is 5.98. The Hall–Kier alpha value is 0.673. The van der Waals surface area contributed by atoms with Gasteiger partial charge in [0, 0.05) is 28.8 Å². The van der Waals surface area contributed by atoms with Crippen molar-refractivity contribution in [2.24, 2.45) is 0 Å². The topological polar surface area (TPSA) is 0 Å². The van der Waals surface area contributed by atoms with E-state index in [0.29, 0.717) is 0 Å². The summed E-state index contributed by atoms with van der Waals surface area (Å²) in [5.74, 6) is 0. The molecule has 0 aliphatic heterocycles. The molecule has 0 aliphatic rings. The van der Waals surface area contributed by atoms with E-state index in [4.69, 9.17) is 0 Å². The van der Waals surface area contributed by atoms with Crippen LogP contribution in [0.25, 0.3) is 0 Å². The van der Waals surface area contributed by atoms with Gasteiger partial charge in [0.2, 0.25) is 0 Å². The van der Waals surface area contributed by atoms with Crippen LogP contribution >= 0.6 is 28.6 Å². The Labute approximate surface area is 81.3 Å². The van der Waals surface area contributed by atoms with E-state index in [0.717, 1.165) is 9.37 Å². The summed E-state index contributed by atoms with van der Waals surface area (Å²) in [5, 5.41) is 0. The molecule has 0 nitrogen and oxygen atoms in total. The number of halogens is 1. The maximum absolute atomic E-state index is 4.15. The summed E-state index contributed by atoms with van der Waals surface area (Å²) >= 11 is 7.47. The van der Waals surface area contributed by atoms with E-state index < -0.39 is 0 Å². The second kappa shape index (κ2) is 4.48. The number of hydrogen-bond acceptors (Lipinski definition) is 1. The molecule has 0 aromatic heterocycles. The third-order valence-electron chi connectivity index (χ3n) is 0.852. The zero-order valence-electron chi connectivity index (χ0n) is 4.84. The van der Waals surface area contributed by atoms with Gasteiger partial charge in [-0.25, -0.2) is 0 Å². The molecule has 9 heavy (non-hydrogen) atoms. The first-order chi connectivity index (χ1) is 3.80. The van der Waals surface area contributed by atoms with E-state index in [9.17, 15) is 0 Å². The molecule has 1 aromatic rings. The SMILES string of the molecule is Sc1ccccc1Br.[Zn]. The van der Waals surface area contributed by atoms with Gasteiger partial charge in [0.25, 0.3) is 0 Å². The second-order valence-electron chi connectivity index (χ2n) is 1.45. The van der Waals surface area contributed by atoms with Crippen LogP contribution in [0.2, 0.25) is 0 Å². The molecule has 0 N–H and O–H groups in total. The Balaban J connectivity index is 0.000000640. The Kier molecular flexibility index (Phi) is 4.82. The van der Waals surface area contributed by atoms with E-state index in [-0.39, 0.29) is 19.5 Å². The first-order valence-electron chi connectivity index (χ1n) is 2.24. The molecule has 0 saturated heterocycles. The molecule has 0 aliphatic carbocycles. The van der Waals surface area contributed by atoms with Crippen LogP contribution in [0.4, 0.5) is 0 Å². The van der Waals surface area contributed by atoms with Crippen molar-refractivity contribution in [3.63, 3.8) is 0 Å². The summed E-state index contributed by atoms with van der Waals surface area (Å²) < 4.78 is 1.04. The average Bonchev–Trinajstić information content (AvgIpc) is 1.77. The fourth-order valence-electron chi connectivity index (χ4n) is 0.452. The molecule has 0 amide bonds. The van der Waals surface area contributed by atoms with E-state index in [1.165, 1.54) is 0 Å². The quantitative estimate of drug-likeness (QED) is 0.534. The molecule has 1 rings (SSSR count). The van der Waals surface area contributed by atoms with Crippen molar-refractivity contribution in [1.82, 2.24) is 0 Å². The normalized spacial score (nSPS) is 8.22. The van der Waals surface area contributed by atoms with Crippen LogP contribution in [-0.2, 0) is 19.5 Å². The molecule has 44 valence electrons. The van der Waals surface area contributed by atoms with Crippen molar-refractivity contribution in [3.8, 4) is 0 Å². The van der Waals surface area contributed by atoms with Gasteiger partial charge in [0.15, 0.2) is 0 Å². The van der Waals surface area contributed by atoms with E-state index in [2.05, 4.69) is 28.6 Å². The molecule has 0 fully saturated rings. The first kappa shape index (κ1) is 9.67. The van der Waals surface area contributed by atoms with Gasteiger partial charge in [-0.1, -0.05) is 12.1 Å². The van der Waals surface area contributed by atoms with Crippen molar-refractivity contribution in [2.75, 3.05) is 0 Å². The maximum Gasteiger partial charge on any atom is 0.0308 e. The molecule has 0 radical (unpaired) electrons. The molecular weight excluding hydrogens is 249 g/mol. The molecule has 1 aromatic carbocycles. The van der Waals surface area contributed by atoms with Crippen LogP contribution in [0.3, 0.4) is 0 Å². The van der Waals surface area contributed by atoms with Crippen LogP contribution in [0.1, 0.15) is 0 Å². The molecule has 0 saturated carbocycles. The van der Waals surface area contributed by atoms with Crippen LogP contribution in [-0.4, -0.2) is 0 Å². The monoisotopic (exact) mass is 252 g/mol. The summed E-state index contributed by atoms with van der Waals surface area (Å²) in [7, 11) is 0. The summed E-state index contributed by atoms with van der Waals surface area (Å²) in [6.07, 6.45) is 0. The van der Waals surface area contributed by atoms with Crippen molar-refractivity contribution in [1.29, 1.82) is 0 Å². The number of benzene rings is 1. The summed E-state index contributed by atoms with van der Waals surface area (Å²) in [4.78, 5) is 0.979. The van der Waals surface area contributed by atoms with Gasteiger partial charge in [0.05, 0.1) is 0 Å². The third-order valence-corrected chi connectivity index (χ3v) is 2.24. The molecule has 3 heteroatoms. The zero-order valence-corrected chi connectivity index (χ0v) is 10.3. The smallest absolute Gasteiger partial charge is 0.0308 e. The van der Waals surface area contributed by atoms with Crippen molar-refractivity contribution in [3.05, 3.63) is 28.7 Å². The fourth-order valence-corrected chi connectivity index (χ4v) is 0.897. The third kappa shape index (κ3) is 2.83. The first-order valence-corrected chi connectivity index (χ1v) is 3.48. The van der Waals surface area contributed by atoms with E-state index >= 15 is 0 Å². The average molecular weight is 254 g/mol. The van der Waals surface area contributed by atoms with Gasteiger partial charge in [-0.05, 0) is 28.1 Å².